The highest BCUT2D eigenvalue weighted by Crippen LogP contribution is 2.38. The Bertz CT molecular complexity index is 2580. The van der Waals surface area contributed by atoms with Crippen LogP contribution in [-0.2, 0) is 35.3 Å². The van der Waals surface area contributed by atoms with E-state index in [9.17, 15) is 54.1 Å². The highest BCUT2D eigenvalue weighted by Gasteiger charge is 2.37. The second-order valence-corrected chi connectivity index (χ2v) is 13.9. The summed E-state index contributed by atoms with van der Waals surface area (Å²) in [7, 11) is 1.38. The van der Waals surface area contributed by atoms with Gasteiger partial charge in [0.25, 0.3) is 40.9 Å². The van der Waals surface area contributed by atoms with Crippen molar-refractivity contribution < 1.29 is 48.5 Å². The number of amides is 6. The van der Waals surface area contributed by atoms with Crippen LogP contribution in [0.3, 0.4) is 0 Å². The Kier molecular flexibility index (Phi) is 18.8. The van der Waals surface area contributed by atoms with E-state index in [-0.39, 0.29) is 5.56 Å². The summed E-state index contributed by atoms with van der Waals surface area (Å²) in [6.45, 7) is -0.501. The molecule has 0 saturated heterocycles. The molecule has 0 bridgehead atoms. The number of primary amides is 1. The highest BCUT2D eigenvalue weighted by molar-refractivity contribution is 5.99. The van der Waals surface area contributed by atoms with E-state index in [0.29, 0.717) is 17.4 Å². The van der Waals surface area contributed by atoms with Gasteiger partial charge >= 0.3 is 0 Å². The molecule has 0 fully saturated rings. The topological polar surface area (TPSA) is 591 Å². The van der Waals surface area contributed by atoms with E-state index >= 15 is 0 Å². The lowest BCUT2D eigenvalue weighted by atomic mass is 10.1. The van der Waals surface area contributed by atoms with Crippen molar-refractivity contribution >= 4 is 82.0 Å². The van der Waals surface area contributed by atoms with E-state index in [4.69, 9.17) is 62.1 Å². The van der Waals surface area contributed by atoms with E-state index in [1.54, 1.807) is 0 Å². The Labute approximate surface area is 393 Å². The zero-order chi connectivity index (χ0) is 52.6. The monoisotopic (exact) mass is 980 g/mol. The van der Waals surface area contributed by atoms with E-state index in [1.807, 2.05) is 16.0 Å². The number of nitrogen functional groups attached to an aromatic ring is 1. The van der Waals surface area contributed by atoms with Gasteiger partial charge in [0.1, 0.15) is 23.2 Å². The van der Waals surface area contributed by atoms with Gasteiger partial charge in [0.05, 0.1) is 23.0 Å². The first kappa shape index (κ1) is 54.1. The zero-order valence-electron chi connectivity index (χ0n) is 36.4. The molecule has 0 aliphatic rings. The van der Waals surface area contributed by atoms with Gasteiger partial charge in [0.2, 0.25) is 36.8 Å². The number of anilines is 2. The van der Waals surface area contributed by atoms with Crippen LogP contribution in [0.25, 0.3) is 0 Å². The molecule has 26 N–H and O–H groups in total. The van der Waals surface area contributed by atoms with Crippen molar-refractivity contribution in [3.8, 4) is 5.75 Å². The number of carbonyl (C=O) groups is 6. The van der Waals surface area contributed by atoms with Gasteiger partial charge in [-0.1, -0.05) is 42.5 Å². The molecule has 0 aromatic heterocycles. The molecule has 6 unspecified atom stereocenters. The van der Waals surface area contributed by atoms with Crippen molar-refractivity contribution in [3.05, 3.63) is 98.1 Å². The molecule has 3 aromatic rings. The number of aliphatic hydroxyl groups is 1. The van der Waals surface area contributed by atoms with Crippen LogP contribution in [0.15, 0.2) is 86.7 Å². The molecule has 374 valence electrons. The maximum Gasteiger partial charge on any atom is 0.299 e. The number of nitro benzene ring substituents is 2. The summed E-state index contributed by atoms with van der Waals surface area (Å²) in [5, 5.41) is 46.0. The van der Waals surface area contributed by atoms with Crippen LogP contribution < -0.4 is 93.6 Å². The van der Waals surface area contributed by atoms with E-state index in [2.05, 4.69) is 30.6 Å². The van der Waals surface area contributed by atoms with Crippen LogP contribution in [0.5, 0.6) is 5.75 Å². The molecule has 0 aliphatic heterocycles. The largest absolute Gasteiger partial charge is 0.497 e. The molecule has 0 heterocycles. The third-order valence-corrected chi connectivity index (χ3v) is 8.79. The molecule has 3 rings (SSSR count). The molecule has 0 saturated carbocycles. The number of nitrogens with zero attached hydrogens (tertiary/aromatic N) is 7. The van der Waals surface area contributed by atoms with Crippen molar-refractivity contribution in [2.24, 2.45) is 71.6 Å². The van der Waals surface area contributed by atoms with E-state index in [1.165, 1.54) is 61.7 Å². The summed E-state index contributed by atoms with van der Waals surface area (Å²) < 4.78 is 5.16. The van der Waals surface area contributed by atoms with Crippen LogP contribution in [0.4, 0.5) is 22.7 Å². The van der Waals surface area contributed by atoms with Crippen LogP contribution in [0.1, 0.15) is 17.2 Å². The number of aliphatic imine (C=N–C) groups is 4. The minimum atomic E-state index is -2.45. The number of nitro groups is 2. The molecule has 0 aliphatic carbocycles. The minimum absolute atomic E-state index is 0.0168. The average molecular weight is 981 g/mol. The Hall–Kier alpha value is -10.3. The molecular weight excluding hydrogens is 933 g/mol. The Balaban J connectivity index is 2.04. The minimum Gasteiger partial charge on any atom is -0.497 e. The highest BCUT2D eigenvalue weighted by atomic mass is 16.6. The normalized spacial score (nSPS) is 13.0. The first-order valence-electron chi connectivity index (χ1n) is 19.3. The fourth-order valence-electron chi connectivity index (χ4n) is 5.74. The molecule has 34 heteroatoms. The SMILES string of the molecule is COc1ccc(CN(c2cc(N)c([N+](=O)[O-])cc2[N+](=O)[O-])C(O)C(=O)NC(C(=O)NC(N=C(N)N)C(=O)NC(N=C(N)N)C(=O)NC(N=C(N)N)C(=O)NC(N=C(N)N)C(N)=O)c2ccccc2)cc1. The Morgan fingerprint density at radius 3 is 1.46 bits per heavy atom. The number of carbonyl (C=O) groups excluding carboxylic acids is 6. The third kappa shape index (κ3) is 15.4. The van der Waals surface area contributed by atoms with Gasteiger partial charge in [0.15, 0.2) is 23.8 Å². The third-order valence-electron chi connectivity index (χ3n) is 8.79. The standard InChI is InChI=1S/C36H48N22O12/c1-70-16-9-7-14(8-10-16)13-56(19-11-17(37)18(57(66)67)12-20(19)58(68)69)32(65)31(64)47-21(15-5-3-2-4-6-15)27(60)49-24(53-34(41)42)29(62)51-26(55-36(45)46)30(63)50-25(54-35(43)44)28(61)48-23(22(38)59)52-33(39)40/h2-12,21,23-26,32,65H,13,37H2,1H3,(H2,38,59)(H,47,64)(H,48,61)(H,49,60)(H,50,63)(H,51,62)(H4,39,40,52)(H4,41,42,53)(H4,43,44,54)(H4,45,46,55). The maximum atomic E-state index is 14.2. The van der Waals surface area contributed by atoms with Gasteiger partial charge in [-0.25, -0.2) is 20.0 Å². The molecule has 6 amide bonds. The summed E-state index contributed by atoms with van der Waals surface area (Å²) in [4.78, 5) is 117. The quantitative estimate of drug-likeness (QED) is 0.0105. The van der Waals surface area contributed by atoms with Crippen LogP contribution in [0, 0.1) is 20.2 Å². The number of rotatable bonds is 23. The van der Waals surface area contributed by atoms with Crippen molar-refractivity contribution in [2.75, 3.05) is 17.7 Å². The molecule has 6 atom stereocenters. The number of hydrogen-bond acceptors (Lipinski definition) is 18. The van der Waals surface area contributed by atoms with Gasteiger partial charge in [-0.15, -0.1) is 0 Å². The smallest absolute Gasteiger partial charge is 0.299 e. The van der Waals surface area contributed by atoms with Crippen molar-refractivity contribution in [1.82, 2.24) is 26.6 Å². The summed E-state index contributed by atoms with van der Waals surface area (Å²) in [6, 6.07) is 12.4. The molecule has 34 nitrogen and oxygen atoms in total. The van der Waals surface area contributed by atoms with Gasteiger partial charge < -0.3 is 98.7 Å². The first-order valence-corrected chi connectivity index (χ1v) is 19.3. The number of aliphatic hydroxyl groups excluding tert-OH is 1. The fraction of sp³-hybridized carbons (Fsp3) is 0.222. The lowest BCUT2D eigenvalue weighted by Crippen LogP contribution is -2.58. The molecule has 0 spiro atoms. The average Bonchev–Trinajstić information content (AvgIpc) is 3.28. The van der Waals surface area contributed by atoms with E-state index in [0.717, 1.165) is 11.0 Å². The number of nitrogens with two attached hydrogens (primary N) is 10. The zero-order valence-corrected chi connectivity index (χ0v) is 36.4. The molecule has 3 aromatic carbocycles. The second kappa shape index (κ2) is 24.3. The van der Waals surface area contributed by atoms with E-state index < -0.39 is 135 Å². The molecular formula is C36H48N22O12. The number of nitrogens with one attached hydrogen (secondary N) is 5. The number of ether oxygens (including phenoxy) is 1. The lowest BCUT2D eigenvalue weighted by molar-refractivity contribution is -0.393. The summed E-state index contributed by atoms with van der Waals surface area (Å²) in [6.07, 6.45) is -10.9. The number of benzene rings is 3. The van der Waals surface area contributed by atoms with Crippen LogP contribution >= 0.6 is 0 Å². The van der Waals surface area contributed by atoms with Crippen molar-refractivity contribution in [2.45, 2.75) is 43.5 Å². The number of guanidine groups is 4. The molecule has 70 heavy (non-hydrogen) atoms. The Morgan fingerprint density at radius 2 is 1.04 bits per heavy atom. The summed E-state index contributed by atoms with van der Waals surface area (Å²) >= 11 is 0. The lowest BCUT2D eigenvalue weighted by Gasteiger charge is -2.30. The number of hydrogen-bond donors (Lipinski definition) is 16. The summed E-state index contributed by atoms with van der Waals surface area (Å²) in [5.74, 6) is -11.0. The second-order valence-electron chi connectivity index (χ2n) is 13.9. The maximum absolute atomic E-state index is 14.2. The van der Waals surface area contributed by atoms with Crippen LogP contribution in [0.2, 0.25) is 0 Å². The Morgan fingerprint density at radius 1 is 0.614 bits per heavy atom. The van der Waals surface area contributed by atoms with Gasteiger partial charge in [0, 0.05) is 6.54 Å². The molecule has 0 radical (unpaired) electrons. The van der Waals surface area contributed by atoms with Gasteiger partial charge in [-0.3, -0.25) is 49.0 Å². The van der Waals surface area contributed by atoms with Crippen LogP contribution in [-0.4, -0.2) is 112 Å². The fourth-order valence-corrected chi connectivity index (χ4v) is 5.74. The van der Waals surface area contributed by atoms with Crippen molar-refractivity contribution in [3.63, 3.8) is 0 Å². The summed E-state index contributed by atoms with van der Waals surface area (Å²) in [5.41, 5.74) is 51.9. The first-order chi connectivity index (χ1) is 32.8. The van der Waals surface area contributed by atoms with Gasteiger partial charge in [-0.05, 0) is 29.3 Å². The number of methoxy groups -OCH3 is 1. The predicted molar refractivity (Wildman–Crippen MR) is 247 cm³/mol. The predicted octanol–water partition coefficient (Wildman–Crippen LogP) is -7.38. The van der Waals surface area contributed by atoms with Gasteiger partial charge in [-0.2, -0.15) is 0 Å². The van der Waals surface area contributed by atoms with Crippen molar-refractivity contribution in [1.29, 1.82) is 0 Å².